The summed E-state index contributed by atoms with van der Waals surface area (Å²) >= 11 is 0. The van der Waals surface area contributed by atoms with Crippen LogP contribution in [0.15, 0.2) is 48.5 Å². The molecule has 0 amide bonds. The molecule has 0 aromatic heterocycles. The second-order valence-electron chi connectivity index (χ2n) is 4.49. The molecular weight excluding hydrogens is 279 g/mol. The summed E-state index contributed by atoms with van der Waals surface area (Å²) in [7, 11) is 0. The maximum Gasteiger partial charge on any atom is 0.416 e. The van der Waals surface area contributed by atoms with Gasteiger partial charge in [-0.1, -0.05) is 24.3 Å². The third-order valence-electron chi connectivity index (χ3n) is 2.93. The number of hydrogen-bond donors (Lipinski definition) is 0. The number of carbonyl (C=O) groups is 1. The molecule has 0 unspecified atom stereocenters. The van der Waals surface area contributed by atoms with Gasteiger partial charge in [0.1, 0.15) is 0 Å². The number of benzene rings is 2. The zero-order valence-electron chi connectivity index (χ0n) is 10.8. The average Bonchev–Trinajstić information content (AvgIpc) is 2.46. The minimum atomic E-state index is -4.48. The van der Waals surface area contributed by atoms with E-state index >= 15 is 0 Å². The van der Waals surface area contributed by atoms with Gasteiger partial charge in [-0.2, -0.15) is 18.4 Å². The lowest BCUT2D eigenvalue weighted by molar-refractivity contribution is -0.137. The standard InChI is InChI=1S/C16H10F3NO/c17-16(18,19)14-6-2-5-13(9-14)15(21)8-11-3-1-4-12(7-11)10-20/h1-7,9H,8H2. The second kappa shape index (κ2) is 5.80. The van der Waals surface area contributed by atoms with E-state index in [1.165, 1.54) is 12.1 Å². The number of nitriles is 1. The van der Waals surface area contributed by atoms with Crippen LogP contribution < -0.4 is 0 Å². The van der Waals surface area contributed by atoms with E-state index in [1.807, 2.05) is 6.07 Å². The first-order valence-corrected chi connectivity index (χ1v) is 6.09. The number of Topliss-reactive ketones (excluding diaryl/α,β-unsaturated/α-hetero) is 1. The fourth-order valence-electron chi connectivity index (χ4n) is 1.91. The van der Waals surface area contributed by atoms with Crippen molar-refractivity contribution in [3.63, 3.8) is 0 Å². The van der Waals surface area contributed by atoms with Crippen LogP contribution in [0, 0.1) is 11.3 Å². The van der Waals surface area contributed by atoms with E-state index in [-0.39, 0.29) is 12.0 Å². The molecule has 0 N–H and O–H groups in total. The normalized spacial score (nSPS) is 11.0. The van der Waals surface area contributed by atoms with Crippen LogP contribution >= 0.6 is 0 Å². The molecule has 5 heteroatoms. The van der Waals surface area contributed by atoms with Gasteiger partial charge in [0.25, 0.3) is 0 Å². The molecule has 0 heterocycles. The topological polar surface area (TPSA) is 40.9 Å². The highest BCUT2D eigenvalue weighted by Crippen LogP contribution is 2.29. The van der Waals surface area contributed by atoms with E-state index in [2.05, 4.69) is 0 Å². The van der Waals surface area contributed by atoms with Crippen LogP contribution in [0.3, 0.4) is 0 Å². The number of ketones is 1. The Hall–Kier alpha value is -2.61. The van der Waals surface area contributed by atoms with E-state index in [4.69, 9.17) is 5.26 Å². The Morgan fingerprint density at radius 1 is 1.10 bits per heavy atom. The van der Waals surface area contributed by atoms with Gasteiger partial charge in [0.05, 0.1) is 17.2 Å². The number of alkyl halides is 3. The van der Waals surface area contributed by atoms with Crippen LogP contribution in [0.25, 0.3) is 0 Å². The molecule has 0 atom stereocenters. The molecule has 0 saturated carbocycles. The molecule has 2 aromatic rings. The Kier molecular flexibility index (Phi) is 4.08. The molecule has 0 spiro atoms. The molecule has 21 heavy (non-hydrogen) atoms. The molecule has 0 fully saturated rings. The second-order valence-corrected chi connectivity index (χ2v) is 4.49. The molecular formula is C16H10F3NO. The highest BCUT2D eigenvalue weighted by Gasteiger charge is 2.30. The largest absolute Gasteiger partial charge is 0.416 e. The van der Waals surface area contributed by atoms with Gasteiger partial charge in [-0.15, -0.1) is 0 Å². The van der Waals surface area contributed by atoms with Crippen molar-refractivity contribution in [3.8, 4) is 6.07 Å². The quantitative estimate of drug-likeness (QED) is 0.801. The van der Waals surface area contributed by atoms with Gasteiger partial charge in [-0.25, -0.2) is 0 Å². The zero-order valence-corrected chi connectivity index (χ0v) is 10.8. The minimum Gasteiger partial charge on any atom is -0.294 e. The van der Waals surface area contributed by atoms with Crippen LogP contribution in [-0.4, -0.2) is 5.78 Å². The van der Waals surface area contributed by atoms with Gasteiger partial charge in [0, 0.05) is 12.0 Å². The van der Waals surface area contributed by atoms with Crippen molar-refractivity contribution in [2.75, 3.05) is 0 Å². The lowest BCUT2D eigenvalue weighted by Gasteiger charge is -2.08. The lowest BCUT2D eigenvalue weighted by atomic mass is 10.00. The van der Waals surface area contributed by atoms with Crippen molar-refractivity contribution in [1.82, 2.24) is 0 Å². The first-order valence-electron chi connectivity index (χ1n) is 6.09. The Bertz CT molecular complexity index is 714. The summed E-state index contributed by atoms with van der Waals surface area (Å²) in [6.07, 6.45) is -4.52. The van der Waals surface area contributed by atoms with Crippen molar-refractivity contribution < 1.29 is 18.0 Å². The summed E-state index contributed by atoms with van der Waals surface area (Å²) < 4.78 is 37.8. The summed E-state index contributed by atoms with van der Waals surface area (Å²) in [5.41, 5.74) is 0.159. The molecule has 2 aromatic carbocycles. The average molecular weight is 289 g/mol. The SMILES string of the molecule is N#Cc1cccc(CC(=O)c2cccc(C(F)(F)F)c2)c1. The maximum atomic E-state index is 12.6. The molecule has 106 valence electrons. The Labute approximate surface area is 119 Å². The van der Waals surface area contributed by atoms with Crippen molar-refractivity contribution in [1.29, 1.82) is 5.26 Å². The van der Waals surface area contributed by atoms with Crippen LogP contribution in [0.2, 0.25) is 0 Å². The van der Waals surface area contributed by atoms with Crippen molar-refractivity contribution >= 4 is 5.78 Å². The van der Waals surface area contributed by atoms with Gasteiger partial charge in [-0.05, 0) is 29.8 Å². The number of hydrogen-bond acceptors (Lipinski definition) is 2. The molecule has 0 bridgehead atoms. The monoisotopic (exact) mass is 289 g/mol. The summed E-state index contributed by atoms with van der Waals surface area (Å²) in [4.78, 5) is 12.0. The zero-order chi connectivity index (χ0) is 15.5. The first kappa shape index (κ1) is 14.8. The van der Waals surface area contributed by atoms with E-state index in [9.17, 15) is 18.0 Å². The van der Waals surface area contributed by atoms with Crippen molar-refractivity contribution in [3.05, 3.63) is 70.8 Å². The van der Waals surface area contributed by atoms with E-state index in [0.717, 1.165) is 12.1 Å². The van der Waals surface area contributed by atoms with Gasteiger partial charge in [-0.3, -0.25) is 4.79 Å². The summed E-state index contributed by atoms with van der Waals surface area (Å²) in [6, 6.07) is 12.7. The first-order chi connectivity index (χ1) is 9.90. The van der Waals surface area contributed by atoms with E-state index in [1.54, 1.807) is 24.3 Å². The Balaban J connectivity index is 2.23. The van der Waals surface area contributed by atoms with Crippen LogP contribution in [0.5, 0.6) is 0 Å². The fourth-order valence-corrected chi connectivity index (χ4v) is 1.91. The summed E-state index contributed by atoms with van der Waals surface area (Å²) in [5.74, 6) is -0.420. The summed E-state index contributed by atoms with van der Waals surface area (Å²) in [6.45, 7) is 0. The number of rotatable bonds is 3. The third-order valence-corrected chi connectivity index (χ3v) is 2.93. The highest BCUT2D eigenvalue weighted by atomic mass is 19.4. The fraction of sp³-hybridized carbons (Fsp3) is 0.125. The van der Waals surface area contributed by atoms with Gasteiger partial charge in [0.2, 0.25) is 0 Å². The van der Waals surface area contributed by atoms with Gasteiger partial charge >= 0.3 is 6.18 Å². The molecule has 0 radical (unpaired) electrons. The van der Waals surface area contributed by atoms with Gasteiger partial charge in [0.15, 0.2) is 5.78 Å². The highest BCUT2D eigenvalue weighted by molar-refractivity contribution is 5.97. The number of halogens is 3. The molecule has 0 aliphatic carbocycles. The molecule has 0 aliphatic heterocycles. The molecule has 2 nitrogen and oxygen atoms in total. The van der Waals surface area contributed by atoms with Crippen molar-refractivity contribution in [2.45, 2.75) is 12.6 Å². The molecule has 0 aliphatic rings. The molecule has 0 saturated heterocycles. The third kappa shape index (κ3) is 3.69. The maximum absolute atomic E-state index is 12.6. The predicted molar refractivity (Wildman–Crippen MR) is 70.6 cm³/mol. The lowest BCUT2D eigenvalue weighted by Crippen LogP contribution is -2.09. The Morgan fingerprint density at radius 2 is 1.81 bits per heavy atom. The Morgan fingerprint density at radius 3 is 2.48 bits per heavy atom. The van der Waals surface area contributed by atoms with Crippen LogP contribution in [-0.2, 0) is 12.6 Å². The predicted octanol–water partition coefficient (Wildman–Crippen LogP) is 4.00. The number of carbonyl (C=O) groups excluding carboxylic acids is 1. The molecule has 2 rings (SSSR count). The van der Waals surface area contributed by atoms with E-state index < -0.39 is 17.5 Å². The minimum absolute atomic E-state index is 0.00665. The van der Waals surface area contributed by atoms with Crippen LogP contribution in [0.1, 0.15) is 27.0 Å². The van der Waals surface area contributed by atoms with Crippen molar-refractivity contribution in [2.24, 2.45) is 0 Å². The number of nitrogens with zero attached hydrogens (tertiary/aromatic N) is 1. The summed E-state index contributed by atoms with van der Waals surface area (Å²) in [5, 5.41) is 8.78. The smallest absolute Gasteiger partial charge is 0.294 e. The van der Waals surface area contributed by atoms with E-state index in [0.29, 0.717) is 11.1 Å². The van der Waals surface area contributed by atoms with Crippen LogP contribution in [0.4, 0.5) is 13.2 Å². The van der Waals surface area contributed by atoms with Gasteiger partial charge < -0.3 is 0 Å².